The molecule has 0 saturated heterocycles. The highest BCUT2D eigenvalue weighted by atomic mass is 32.2. The number of aromatic nitrogens is 1. The summed E-state index contributed by atoms with van der Waals surface area (Å²) in [5, 5.41) is 3.79. The first kappa shape index (κ1) is 15.9. The number of methoxy groups -OCH3 is 2. The topological polar surface area (TPSA) is 104 Å². The van der Waals surface area contributed by atoms with Crippen LogP contribution in [0.3, 0.4) is 0 Å². The van der Waals surface area contributed by atoms with Gasteiger partial charge in [-0.15, -0.1) is 0 Å². The van der Waals surface area contributed by atoms with Crippen molar-refractivity contribution >= 4 is 15.9 Å². The fourth-order valence-corrected chi connectivity index (χ4v) is 3.03. The molecule has 8 nitrogen and oxygen atoms in total. The van der Waals surface area contributed by atoms with Gasteiger partial charge in [-0.25, -0.2) is 13.1 Å². The van der Waals surface area contributed by atoms with Crippen molar-refractivity contribution in [3.05, 3.63) is 42.9 Å². The van der Waals surface area contributed by atoms with Crippen LogP contribution in [-0.4, -0.2) is 27.8 Å². The highest BCUT2D eigenvalue weighted by molar-refractivity contribution is 7.92. The lowest BCUT2D eigenvalue weighted by molar-refractivity contribution is 0.354. The first-order valence-corrected chi connectivity index (χ1v) is 8.26. The van der Waals surface area contributed by atoms with Gasteiger partial charge in [-0.1, -0.05) is 5.16 Å². The zero-order valence-corrected chi connectivity index (χ0v) is 13.7. The van der Waals surface area contributed by atoms with E-state index in [4.69, 9.17) is 18.4 Å². The third-order valence-electron chi connectivity index (χ3n) is 3.23. The molecule has 0 amide bonds. The fraction of sp³-hybridized carbons (Fsp3) is 0.133. The van der Waals surface area contributed by atoms with Crippen molar-refractivity contribution in [1.29, 1.82) is 0 Å². The standard InChI is InChI=1S/C15H14N2O6S/c1-20-13-4-3-11(7-14(13)21-2)24(18,19)17-15-8-12(16-23-15)10-5-6-22-9-10/h3-9,17H,1-2H3. The van der Waals surface area contributed by atoms with Gasteiger partial charge in [0, 0.05) is 17.7 Å². The van der Waals surface area contributed by atoms with Crippen molar-refractivity contribution in [2.45, 2.75) is 4.90 Å². The summed E-state index contributed by atoms with van der Waals surface area (Å²) >= 11 is 0. The molecule has 24 heavy (non-hydrogen) atoms. The van der Waals surface area contributed by atoms with Gasteiger partial charge in [0.1, 0.15) is 5.69 Å². The lowest BCUT2D eigenvalue weighted by Crippen LogP contribution is -2.12. The van der Waals surface area contributed by atoms with E-state index in [-0.39, 0.29) is 10.8 Å². The predicted octanol–water partition coefficient (Wildman–Crippen LogP) is 2.75. The van der Waals surface area contributed by atoms with E-state index in [0.717, 1.165) is 0 Å². The Morgan fingerprint density at radius 3 is 2.54 bits per heavy atom. The molecule has 9 heteroatoms. The Balaban J connectivity index is 1.86. The van der Waals surface area contributed by atoms with Crippen LogP contribution in [0.2, 0.25) is 0 Å². The molecule has 0 bridgehead atoms. The molecule has 126 valence electrons. The van der Waals surface area contributed by atoms with Gasteiger partial charge in [-0.3, -0.25) is 0 Å². The minimum atomic E-state index is -3.87. The van der Waals surface area contributed by atoms with Crippen LogP contribution in [0.4, 0.5) is 5.88 Å². The van der Waals surface area contributed by atoms with E-state index in [1.165, 1.54) is 51.0 Å². The van der Waals surface area contributed by atoms with Gasteiger partial charge < -0.3 is 18.4 Å². The summed E-state index contributed by atoms with van der Waals surface area (Å²) in [6.45, 7) is 0. The normalized spacial score (nSPS) is 11.2. The molecular weight excluding hydrogens is 336 g/mol. The smallest absolute Gasteiger partial charge is 0.264 e. The van der Waals surface area contributed by atoms with Crippen LogP contribution in [0, 0.1) is 0 Å². The molecule has 0 atom stereocenters. The largest absolute Gasteiger partial charge is 0.493 e. The summed E-state index contributed by atoms with van der Waals surface area (Å²) in [6, 6.07) is 7.41. The number of benzene rings is 1. The van der Waals surface area contributed by atoms with Gasteiger partial charge in [0.05, 0.1) is 31.6 Å². The lowest BCUT2D eigenvalue weighted by atomic mass is 10.2. The molecule has 2 aromatic heterocycles. The van der Waals surface area contributed by atoms with Gasteiger partial charge in [0.2, 0.25) is 5.88 Å². The summed E-state index contributed by atoms with van der Waals surface area (Å²) in [6.07, 6.45) is 2.96. The molecule has 0 radical (unpaired) electrons. The number of hydrogen-bond donors (Lipinski definition) is 1. The molecule has 0 saturated carbocycles. The second-order valence-electron chi connectivity index (χ2n) is 4.71. The summed E-state index contributed by atoms with van der Waals surface area (Å²) in [5.41, 5.74) is 1.13. The van der Waals surface area contributed by atoms with Gasteiger partial charge in [0.15, 0.2) is 11.5 Å². The Labute approximate surface area is 138 Å². The highest BCUT2D eigenvalue weighted by Gasteiger charge is 2.19. The Morgan fingerprint density at radius 2 is 1.88 bits per heavy atom. The number of anilines is 1. The highest BCUT2D eigenvalue weighted by Crippen LogP contribution is 2.30. The Bertz CT molecular complexity index is 931. The minimum absolute atomic E-state index is 0.00131. The summed E-state index contributed by atoms with van der Waals surface area (Å²) in [4.78, 5) is 0.00131. The molecule has 0 aliphatic carbocycles. The van der Waals surface area contributed by atoms with Crippen molar-refractivity contribution in [1.82, 2.24) is 5.16 Å². The monoisotopic (exact) mass is 350 g/mol. The van der Waals surface area contributed by atoms with E-state index < -0.39 is 10.0 Å². The van der Waals surface area contributed by atoms with Crippen LogP contribution >= 0.6 is 0 Å². The van der Waals surface area contributed by atoms with Crippen LogP contribution in [0.5, 0.6) is 11.5 Å². The van der Waals surface area contributed by atoms with Crippen molar-refractivity contribution in [2.75, 3.05) is 18.9 Å². The van der Waals surface area contributed by atoms with E-state index in [0.29, 0.717) is 22.8 Å². The first-order valence-electron chi connectivity index (χ1n) is 6.77. The number of furan rings is 1. The van der Waals surface area contributed by atoms with Crippen LogP contribution in [0.1, 0.15) is 0 Å². The Hall–Kier alpha value is -2.94. The van der Waals surface area contributed by atoms with Crippen LogP contribution in [0.25, 0.3) is 11.3 Å². The molecule has 0 spiro atoms. The van der Waals surface area contributed by atoms with Crippen molar-refractivity contribution in [3.63, 3.8) is 0 Å². The number of rotatable bonds is 6. The van der Waals surface area contributed by atoms with Gasteiger partial charge in [0.25, 0.3) is 10.0 Å². The zero-order valence-electron chi connectivity index (χ0n) is 12.8. The predicted molar refractivity (Wildman–Crippen MR) is 84.6 cm³/mol. The zero-order chi connectivity index (χ0) is 17.2. The number of ether oxygens (including phenoxy) is 2. The molecule has 0 aliphatic rings. The van der Waals surface area contributed by atoms with E-state index in [1.807, 2.05) is 0 Å². The second kappa shape index (κ2) is 6.28. The fourth-order valence-electron chi connectivity index (χ4n) is 2.04. The average molecular weight is 350 g/mol. The Morgan fingerprint density at radius 1 is 1.08 bits per heavy atom. The van der Waals surface area contributed by atoms with Gasteiger partial charge in [-0.05, 0) is 18.2 Å². The summed E-state index contributed by atoms with van der Waals surface area (Å²) in [7, 11) is -0.975. The molecule has 3 rings (SSSR count). The minimum Gasteiger partial charge on any atom is -0.493 e. The third kappa shape index (κ3) is 3.06. The maximum absolute atomic E-state index is 12.5. The molecular formula is C15H14N2O6S. The van der Waals surface area contributed by atoms with Crippen molar-refractivity contribution in [3.8, 4) is 22.8 Å². The second-order valence-corrected chi connectivity index (χ2v) is 6.39. The molecule has 2 heterocycles. The van der Waals surface area contributed by atoms with Crippen molar-refractivity contribution < 1.29 is 26.8 Å². The lowest BCUT2D eigenvalue weighted by Gasteiger charge is -2.10. The average Bonchev–Trinajstić information content (AvgIpc) is 3.25. The van der Waals surface area contributed by atoms with E-state index in [9.17, 15) is 8.42 Å². The van der Waals surface area contributed by atoms with Crippen molar-refractivity contribution in [2.24, 2.45) is 0 Å². The van der Waals surface area contributed by atoms with Gasteiger partial charge in [-0.2, -0.15) is 0 Å². The van der Waals surface area contributed by atoms with E-state index in [2.05, 4.69) is 9.88 Å². The summed E-state index contributed by atoms with van der Waals surface area (Å²) in [5.74, 6) is 0.719. The number of sulfonamides is 1. The van der Waals surface area contributed by atoms with Crippen LogP contribution in [-0.2, 0) is 10.0 Å². The Kier molecular flexibility index (Phi) is 4.17. The van der Waals surface area contributed by atoms with Crippen LogP contribution in [0.15, 0.2) is 56.7 Å². The van der Waals surface area contributed by atoms with Gasteiger partial charge >= 0.3 is 0 Å². The first-order chi connectivity index (χ1) is 11.5. The molecule has 0 fully saturated rings. The van der Waals surface area contributed by atoms with E-state index >= 15 is 0 Å². The molecule has 0 unspecified atom stereocenters. The summed E-state index contributed by atoms with van der Waals surface area (Å²) < 4.78 is 47.4. The number of nitrogens with zero attached hydrogens (tertiary/aromatic N) is 1. The maximum Gasteiger partial charge on any atom is 0.264 e. The third-order valence-corrected chi connectivity index (χ3v) is 4.57. The quantitative estimate of drug-likeness (QED) is 0.729. The molecule has 1 aromatic carbocycles. The number of hydrogen-bond acceptors (Lipinski definition) is 7. The molecule has 1 N–H and O–H groups in total. The van der Waals surface area contributed by atoms with E-state index in [1.54, 1.807) is 6.07 Å². The SMILES string of the molecule is COc1ccc(S(=O)(=O)Nc2cc(-c3ccoc3)no2)cc1OC. The number of nitrogens with one attached hydrogen (secondary N) is 1. The maximum atomic E-state index is 12.5. The molecule has 0 aliphatic heterocycles. The molecule has 3 aromatic rings. The van der Waals surface area contributed by atoms with Crippen LogP contribution < -0.4 is 14.2 Å².